The van der Waals surface area contributed by atoms with E-state index in [1.165, 1.54) is 12.1 Å². The van der Waals surface area contributed by atoms with Gasteiger partial charge in [-0.25, -0.2) is 4.39 Å². The van der Waals surface area contributed by atoms with Gasteiger partial charge in [0.1, 0.15) is 5.82 Å². The lowest BCUT2D eigenvalue weighted by molar-refractivity contribution is -0.134. The van der Waals surface area contributed by atoms with E-state index in [4.69, 9.17) is 16.3 Å². The van der Waals surface area contributed by atoms with Crippen molar-refractivity contribution in [3.8, 4) is 0 Å². The fourth-order valence-electron chi connectivity index (χ4n) is 2.68. The van der Waals surface area contributed by atoms with Crippen molar-refractivity contribution < 1.29 is 13.9 Å². The Morgan fingerprint density at radius 3 is 2.62 bits per heavy atom. The molecule has 24 heavy (non-hydrogen) atoms. The van der Waals surface area contributed by atoms with Crippen molar-refractivity contribution in [3.05, 3.63) is 34.6 Å². The van der Waals surface area contributed by atoms with Crippen LogP contribution < -0.4 is 0 Å². The van der Waals surface area contributed by atoms with Crippen LogP contribution in [0.15, 0.2) is 18.2 Å². The van der Waals surface area contributed by atoms with Crippen LogP contribution in [0.1, 0.15) is 25.8 Å². The van der Waals surface area contributed by atoms with Crippen LogP contribution in [0.25, 0.3) is 0 Å². The van der Waals surface area contributed by atoms with E-state index in [-0.39, 0.29) is 11.7 Å². The fourth-order valence-corrected chi connectivity index (χ4v) is 2.91. The zero-order chi connectivity index (χ0) is 17.5. The molecule has 0 saturated carbocycles. The summed E-state index contributed by atoms with van der Waals surface area (Å²) in [5.41, 5.74) is 0.917. The lowest BCUT2D eigenvalue weighted by Crippen LogP contribution is -2.48. The van der Waals surface area contributed by atoms with Crippen molar-refractivity contribution in [2.75, 3.05) is 39.4 Å². The highest BCUT2D eigenvalue weighted by Gasteiger charge is 2.21. The average Bonchev–Trinajstić information content (AvgIpc) is 2.54. The monoisotopic (exact) mass is 356 g/mol. The number of piperazine rings is 1. The van der Waals surface area contributed by atoms with E-state index in [0.717, 1.165) is 18.7 Å². The molecule has 0 bridgehead atoms. The van der Waals surface area contributed by atoms with Crippen molar-refractivity contribution in [2.45, 2.75) is 26.8 Å². The molecule has 0 N–H and O–H groups in total. The van der Waals surface area contributed by atoms with Gasteiger partial charge >= 0.3 is 0 Å². The van der Waals surface area contributed by atoms with Crippen LogP contribution in [0.4, 0.5) is 4.39 Å². The van der Waals surface area contributed by atoms with Gasteiger partial charge in [-0.3, -0.25) is 9.69 Å². The molecular weight excluding hydrogens is 331 g/mol. The third-order valence-electron chi connectivity index (χ3n) is 4.05. The second-order valence-corrected chi connectivity index (χ2v) is 7.02. The summed E-state index contributed by atoms with van der Waals surface area (Å²) in [5.74, 6) is 0.319. The SMILES string of the molecule is CC(C)COCCC(=O)N1CCN(Cc2ccc(F)cc2Cl)CC1. The Balaban J connectivity index is 1.71. The molecule has 1 aliphatic heterocycles. The molecule has 0 unspecified atom stereocenters. The summed E-state index contributed by atoms with van der Waals surface area (Å²) in [4.78, 5) is 16.3. The summed E-state index contributed by atoms with van der Waals surface area (Å²) in [5, 5.41) is 0.454. The molecule has 0 spiro atoms. The zero-order valence-electron chi connectivity index (χ0n) is 14.4. The van der Waals surface area contributed by atoms with Gasteiger partial charge in [-0.05, 0) is 23.6 Å². The molecule has 0 aromatic heterocycles. The molecule has 134 valence electrons. The maximum Gasteiger partial charge on any atom is 0.224 e. The first-order valence-corrected chi connectivity index (χ1v) is 8.85. The van der Waals surface area contributed by atoms with Crippen LogP contribution in [-0.2, 0) is 16.1 Å². The smallest absolute Gasteiger partial charge is 0.224 e. The molecule has 1 aliphatic rings. The highest BCUT2D eigenvalue weighted by molar-refractivity contribution is 6.31. The predicted molar refractivity (Wildman–Crippen MR) is 93.5 cm³/mol. The Labute approximate surface area is 148 Å². The van der Waals surface area contributed by atoms with Crippen LogP contribution in [0.3, 0.4) is 0 Å². The standard InChI is InChI=1S/C18H26ClFN2O2/c1-14(2)13-24-10-5-18(23)22-8-6-21(7-9-22)12-15-3-4-16(20)11-17(15)19/h3-4,11,14H,5-10,12-13H2,1-2H3. The minimum absolute atomic E-state index is 0.151. The Morgan fingerprint density at radius 1 is 1.29 bits per heavy atom. The second kappa shape index (κ2) is 9.35. The van der Waals surface area contributed by atoms with Gasteiger partial charge in [-0.2, -0.15) is 0 Å². The minimum atomic E-state index is -0.321. The summed E-state index contributed by atoms with van der Waals surface area (Å²) in [7, 11) is 0. The number of carbonyl (C=O) groups is 1. The summed E-state index contributed by atoms with van der Waals surface area (Å²) in [6.45, 7) is 9.06. The molecule has 6 heteroatoms. The quantitative estimate of drug-likeness (QED) is 0.703. The highest BCUT2D eigenvalue weighted by Crippen LogP contribution is 2.19. The number of hydrogen-bond donors (Lipinski definition) is 0. The molecular formula is C18H26ClFN2O2. The lowest BCUT2D eigenvalue weighted by atomic mass is 10.2. The zero-order valence-corrected chi connectivity index (χ0v) is 15.2. The second-order valence-electron chi connectivity index (χ2n) is 6.61. The molecule has 1 aromatic carbocycles. The normalized spacial score (nSPS) is 16.0. The van der Waals surface area contributed by atoms with Gasteiger partial charge in [-0.1, -0.05) is 31.5 Å². The van der Waals surface area contributed by atoms with Gasteiger partial charge < -0.3 is 9.64 Å². The Kier molecular flexibility index (Phi) is 7.46. The average molecular weight is 357 g/mol. The number of nitrogens with zero attached hydrogens (tertiary/aromatic N) is 2. The first-order valence-electron chi connectivity index (χ1n) is 8.47. The molecule has 4 nitrogen and oxygen atoms in total. The van der Waals surface area contributed by atoms with Crippen LogP contribution >= 0.6 is 11.6 Å². The van der Waals surface area contributed by atoms with E-state index < -0.39 is 0 Å². The number of ether oxygens (including phenoxy) is 1. The van der Waals surface area contributed by atoms with Gasteiger partial charge in [0.25, 0.3) is 0 Å². The molecule has 1 fully saturated rings. The largest absolute Gasteiger partial charge is 0.381 e. The number of halogens is 2. The maximum absolute atomic E-state index is 13.1. The summed E-state index contributed by atoms with van der Waals surface area (Å²) < 4.78 is 18.6. The third kappa shape index (κ3) is 6.04. The van der Waals surface area contributed by atoms with Crippen LogP contribution in [-0.4, -0.2) is 55.1 Å². The number of hydrogen-bond acceptors (Lipinski definition) is 3. The van der Waals surface area contributed by atoms with Crippen molar-refractivity contribution in [1.29, 1.82) is 0 Å². The van der Waals surface area contributed by atoms with Crippen LogP contribution in [0.2, 0.25) is 5.02 Å². The molecule has 2 rings (SSSR count). The molecule has 1 heterocycles. The molecule has 1 saturated heterocycles. The summed E-state index contributed by atoms with van der Waals surface area (Å²) >= 11 is 6.08. The fraction of sp³-hybridized carbons (Fsp3) is 0.611. The third-order valence-corrected chi connectivity index (χ3v) is 4.40. The molecule has 0 atom stereocenters. The highest BCUT2D eigenvalue weighted by atomic mass is 35.5. The first-order chi connectivity index (χ1) is 11.5. The Hall–Kier alpha value is -1.17. The maximum atomic E-state index is 13.1. The topological polar surface area (TPSA) is 32.8 Å². The molecule has 0 radical (unpaired) electrons. The summed E-state index contributed by atoms with van der Waals surface area (Å²) in [6.07, 6.45) is 0.441. The molecule has 0 aliphatic carbocycles. The van der Waals surface area contributed by atoms with E-state index in [2.05, 4.69) is 18.7 Å². The van der Waals surface area contributed by atoms with Crippen molar-refractivity contribution in [2.24, 2.45) is 5.92 Å². The van der Waals surface area contributed by atoms with E-state index >= 15 is 0 Å². The van der Waals surface area contributed by atoms with Crippen molar-refractivity contribution >= 4 is 17.5 Å². The van der Waals surface area contributed by atoms with E-state index in [1.807, 2.05) is 4.90 Å². The van der Waals surface area contributed by atoms with Gasteiger partial charge in [-0.15, -0.1) is 0 Å². The predicted octanol–water partition coefficient (Wildman–Crippen LogP) is 3.19. The van der Waals surface area contributed by atoms with Crippen LogP contribution in [0, 0.1) is 11.7 Å². The number of carbonyl (C=O) groups excluding carboxylic acids is 1. The number of rotatable bonds is 7. The van der Waals surface area contributed by atoms with Crippen molar-refractivity contribution in [3.63, 3.8) is 0 Å². The number of amides is 1. The summed E-state index contributed by atoms with van der Waals surface area (Å²) in [6, 6.07) is 4.49. The number of benzene rings is 1. The van der Waals surface area contributed by atoms with E-state index in [9.17, 15) is 9.18 Å². The Bertz CT molecular complexity index is 546. The van der Waals surface area contributed by atoms with Gasteiger partial charge in [0.15, 0.2) is 0 Å². The van der Waals surface area contributed by atoms with Gasteiger partial charge in [0.05, 0.1) is 13.0 Å². The molecule has 1 aromatic rings. The van der Waals surface area contributed by atoms with E-state index in [0.29, 0.717) is 50.2 Å². The first kappa shape index (κ1) is 19.2. The van der Waals surface area contributed by atoms with Gasteiger partial charge in [0, 0.05) is 44.4 Å². The lowest BCUT2D eigenvalue weighted by Gasteiger charge is -2.35. The minimum Gasteiger partial charge on any atom is -0.381 e. The Morgan fingerprint density at radius 2 is 2.00 bits per heavy atom. The van der Waals surface area contributed by atoms with E-state index in [1.54, 1.807) is 6.07 Å². The van der Waals surface area contributed by atoms with Crippen LogP contribution in [0.5, 0.6) is 0 Å². The van der Waals surface area contributed by atoms with Gasteiger partial charge in [0.2, 0.25) is 5.91 Å². The molecule has 1 amide bonds. The van der Waals surface area contributed by atoms with Crippen molar-refractivity contribution in [1.82, 2.24) is 9.80 Å².